The fourth-order valence-corrected chi connectivity index (χ4v) is 2.48. The first kappa shape index (κ1) is 21.7. The molecule has 0 spiro atoms. The predicted molar refractivity (Wildman–Crippen MR) is 106 cm³/mol. The second-order valence-corrected chi connectivity index (χ2v) is 6.92. The van der Waals surface area contributed by atoms with Crippen molar-refractivity contribution in [1.82, 2.24) is 0 Å². The molecule has 0 fully saturated rings. The van der Waals surface area contributed by atoms with Gasteiger partial charge in [0.1, 0.15) is 5.75 Å². The normalized spacial score (nSPS) is 13.4. The quantitative estimate of drug-likeness (QED) is 0.541. The Hall–Kier alpha value is -2.33. The van der Waals surface area contributed by atoms with Crippen LogP contribution >= 0.6 is 0 Å². The highest BCUT2D eigenvalue weighted by Gasteiger charge is 2.09. The summed E-state index contributed by atoms with van der Waals surface area (Å²) in [6.45, 7) is 8.08. The first-order valence-electron chi connectivity index (χ1n) is 8.89. The van der Waals surface area contributed by atoms with Crippen molar-refractivity contribution in [3.8, 4) is 5.75 Å². The van der Waals surface area contributed by atoms with E-state index in [1.807, 2.05) is 13.0 Å². The summed E-state index contributed by atoms with van der Waals surface area (Å²) in [6, 6.07) is 4.22. The fourth-order valence-electron chi connectivity index (χ4n) is 2.48. The first-order chi connectivity index (χ1) is 12.2. The van der Waals surface area contributed by atoms with E-state index in [0.717, 1.165) is 18.4 Å². The molecule has 0 unspecified atom stereocenters. The minimum absolute atomic E-state index is 0.0588. The van der Waals surface area contributed by atoms with Crippen LogP contribution in [0.15, 0.2) is 53.1 Å². The Labute approximate surface area is 156 Å². The number of carboxylic acid groups (broad SMARTS) is 1. The molecule has 4 heteroatoms. The van der Waals surface area contributed by atoms with Gasteiger partial charge >= 0.3 is 5.97 Å². The van der Waals surface area contributed by atoms with E-state index < -0.39 is 12.1 Å². The van der Waals surface area contributed by atoms with Crippen molar-refractivity contribution in [3.63, 3.8) is 0 Å². The molecule has 0 amide bonds. The summed E-state index contributed by atoms with van der Waals surface area (Å²) in [6.07, 6.45) is 8.42. The number of phenols is 1. The number of aromatic carboxylic acids is 1. The zero-order valence-electron chi connectivity index (χ0n) is 16.1. The smallest absolute Gasteiger partial charge is 0.335 e. The van der Waals surface area contributed by atoms with Gasteiger partial charge in [-0.25, -0.2) is 4.79 Å². The van der Waals surface area contributed by atoms with E-state index in [0.29, 0.717) is 18.4 Å². The highest BCUT2D eigenvalue weighted by Crippen LogP contribution is 2.21. The van der Waals surface area contributed by atoms with E-state index in [1.165, 1.54) is 29.3 Å². The van der Waals surface area contributed by atoms with Crippen molar-refractivity contribution in [2.24, 2.45) is 0 Å². The zero-order valence-corrected chi connectivity index (χ0v) is 16.1. The van der Waals surface area contributed by atoms with E-state index >= 15 is 0 Å². The fraction of sp³-hybridized carbons (Fsp3) is 0.409. The van der Waals surface area contributed by atoms with Crippen molar-refractivity contribution in [3.05, 3.63) is 64.3 Å². The summed E-state index contributed by atoms with van der Waals surface area (Å²) in [5, 5.41) is 29.2. The molecule has 0 aliphatic carbocycles. The van der Waals surface area contributed by atoms with Gasteiger partial charge in [0.25, 0.3) is 0 Å². The molecule has 0 radical (unpaired) electrons. The molecule has 0 heterocycles. The average molecular weight is 358 g/mol. The number of allylic oxidation sites excluding steroid dienone is 4. The number of hydrogen-bond donors (Lipinski definition) is 3. The molecule has 3 N–H and O–H groups in total. The Morgan fingerprint density at radius 2 is 1.81 bits per heavy atom. The van der Waals surface area contributed by atoms with Gasteiger partial charge in [0, 0.05) is 0 Å². The lowest BCUT2D eigenvalue weighted by molar-refractivity contribution is 0.0696. The SMILES string of the molecule is CC(C)=CCCC(C)=CC[C@@H](O)C(C)=CCc1cc(C(=O)O)ccc1O. The second-order valence-electron chi connectivity index (χ2n) is 6.92. The Morgan fingerprint density at radius 1 is 1.12 bits per heavy atom. The number of aliphatic hydroxyl groups is 1. The highest BCUT2D eigenvalue weighted by molar-refractivity contribution is 5.88. The number of hydrogen-bond acceptors (Lipinski definition) is 3. The van der Waals surface area contributed by atoms with Crippen molar-refractivity contribution in [2.75, 3.05) is 0 Å². The van der Waals surface area contributed by atoms with Crippen LogP contribution < -0.4 is 0 Å². The molecule has 1 rings (SSSR count). The van der Waals surface area contributed by atoms with Gasteiger partial charge in [-0.2, -0.15) is 0 Å². The molecule has 4 nitrogen and oxygen atoms in total. The molecular weight excluding hydrogens is 328 g/mol. The number of phenolic OH excluding ortho intramolecular Hbond substituents is 1. The molecule has 142 valence electrons. The van der Waals surface area contributed by atoms with E-state index in [2.05, 4.69) is 32.9 Å². The maximum Gasteiger partial charge on any atom is 0.335 e. The van der Waals surface area contributed by atoms with E-state index in [9.17, 15) is 15.0 Å². The third kappa shape index (κ3) is 7.70. The van der Waals surface area contributed by atoms with Gasteiger partial charge in [0.05, 0.1) is 11.7 Å². The van der Waals surface area contributed by atoms with Crippen LogP contribution in [0.25, 0.3) is 0 Å². The van der Waals surface area contributed by atoms with Crippen molar-refractivity contribution >= 4 is 5.97 Å². The summed E-state index contributed by atoms with van der Waals surface area (Å²) >= 11 is 0. The third-order valence-corrected chi connectivity index (χ3v) is 4.28. The number of rotatable bonds is 9. The first-order valence-corrected chi connectivity index (χ1v) is 8.89. The summed E-state index contributed by atoms with van der Waals surface area (Å²) in [7, 11) is 0. The lowest BCUT2D eigenvalue weighted by atomic mass is 10.0. The van der Waals surface area contributed by atoms with Crippen LogP contribution in [0.4, 0.5) is 0 Å². The monoisotopic (exact) mass is 358 g/mol. The van der Waals surface area contributed by atoms with Crippen LogP contribution in [0, 0.1) is 0 Å². The van der Waals surface area contributed by atoms with Crippen LogP contribution in [-0.2, 0) is 6.42 Å². The van der Waals surface area contributed by atoms with E-state index in [-0.39, 0.29) is 11.3 Å². The minimum Gasteiger partial charge on any atom is -0.508 e. The zero-order chi connectivity index (χ0) is 19.7. The molecular formula is C22H30O4. The summed E-state index contributed by atoms with van der Waals surface area (Å²) in [5.74, 6) is -0.968. The molecule has 1 aromatic carbocycles. The van der Waals surface area contributed by atoms with Gasteiger partial charge in [-0.05, 0) is 82.7 Å². The molecule has 0 aliphatic heterocycles. The van der Waals surface area contributed by atoms with Crippen LogP contribution in [0.3, 0.4) is 0 Å². The van der Waals surface area contributed by atoms with Gasteiger partial charge in [0.15, 0.2) is 0 Å². The molecule has 1 aromatic rings. The number of aromatic hydroxyl groups is 1. The van der Waals surface area contributed by atoms with Crippen molar-refractivity contribution in [2.45, 2.75) is 59.5 Å². The topological polar surface area (TPSA) is 77.8 Å². The van der Waals surface area contributed by atoms with Crippen molar-refractivity contribution < 1.29 is 20.1 Å². The number of carboxylic acids is 1. The Balaban J connectivity index is 2.65. The largest absolute Gasteiger partial charge is 0.508 e. The molecule has 1 atom stereocenters. The van der Waals surface area contributed by atoms with Gasteiger partial charge in [0.2, 0.25) is 0 Å². The maximum absolute atomic E-state index is 11.0. The minimum atomic E-state index is -1.03. The van der Waals surface area contributed by atoms with Crippen LogP contribution in [0.1, 0.15) is 62.9 Å². The van der Waals surface area contributed by atoms with Crippen molar-refractivity contribution in [1.29, 1.82) is 0 Å². The molecule has 0 saturated heterocycles. The lowest BCUT2D eigenvalue weighted by Crippen LogP contribution is -2.07. The molecule has 26 heavy (non-hydrogen) atoms. The average Bonchev–Trinajstić information content (AvgIpc) is 2.58. The van der Waals surface area contributed by atoms with E-state index in [1.54, 1.807) is 0 Å². The molecule has 0 saturated carbocycles. The van der Waals surface area contributed by atoms with Crippen LogP contribution in [0.5, 0.6) is 5.75 Å². The Kier molecular flexibility index (Phi) is 8.86. The van der Waals surface area contributed by atoms with Gasteiger partial charge in [-0.1, -0.05) is 29.4 Å². The standard InChI is InChI=1S/C22H30O4/c1-15(2)6-5-7-16(3)8-12-20(23)17(4)9-10-18-14-19(22(25)26)11-13-21(18)24/h6,8-9,11,13-14,20,23-24H,5,7,10,12H2,1-4H3,(H,25,26)/t20-/m1/s1. The summed E-state index contributed by atoms with van der Waals surface area (Å²) in [4.78, 5) is 11.0. The van der Waals surface area contributed by atoms with Crippen LogP contribution in [0.2, 0.25) is 0 Å². The summed E-state index contributed by atoms with van der Waals surface area (Å²) < 4.78 is 0. The molecule has 0 bridgehead atoms. The molecule has 0 aromatic heterocycles. The van der Waals surface area contributed by atoms with Gasteiger partial charge in [-0.15, -0.1) is 0 Å². The lowest BCUT2D eigenvalue weighted by Gasteiger charge is -2.10. The van der Waals surface area contributed by atoms with Gasteiger partial charge in [-0.3, -0.25) is 0 Å². The third-order valence-electron chi connectivity index (χ3n) is 4.28. The molecule has 0 aliphatic rings. The maximum atomic E-state index is 11.0. The number of carbonyl (C=O) groups is 1. The van der Waals surface area contributed by atoms with E-state index in [4.69, 9.17) is 5.11 Å². The number of aliphatic hydroxyl groups excluding tert-OH is 1. The predicted octanol–water partition coefficient (Wildman–Crippen LogP) is 5.02. The number of benzene rings is 1. The second kappa shape index (κ2) is 10.6. The Morgan fingerprint density at radius 3 is 2.42 bits per heavy atom. The highest BCUT2D eigenvalue weighted by atomic mass is 16.4. The Bertz CT molecular complexity index is 707. The van der Waals surface area contributed by atoms with Gasteiger partial charge < -0.3 is 15.3 Å². The summed E-state index contributed by atoms with van der Waals surface area (Å²) in [5.41, 5.74) is 4.04. The van der Waals surface area contributed by atoms with Crippen LogP contribution in [-0.4, -0.2) is 27.4 Å².